The summed E-state index contributed by atoms with van der Waals surface area (Å²) in [5, 5.41) is 6.60. The summed E-state index contributed by atoms with van der Waals surface area (Å²) in [5.74, 6) is 0.140. The summed E-state index contributed by atoms with van der Waals surface area (Å²) in [6.45, 7) is 3.54. The van der Waals surface area contributed by atoms with Crippen LogP contribution in [0.2, 0.25) is 0 Å². The molecular weight excluding hydrogens is 308 g/mol. The lowest BCUT2D eigenvalue weighted by Crippen LogP contribution is -2.15. The summed E-state index contributed by atoms with van der Waals surface area (Å²) in [6, 6.07) is 11.3. The van der Waals surface area contributed by atoms with E-state index in [0.29, 0.717) is 22.8 Å². The van der Waals surface area contributed by atoms with Crippen molar-refractivity contribution in [2.24, 2.45) is 0 Å². The van der Waals surface area contributed by atoms with Crippen LogP contribution in [0.1, 0.15) is 21.9 Å². The molecule has 0 unspecified atom stereocenters. The lowest BCUT2D eigenvalue weighted by Gasteiger charge is -2.10. The molecule has 2 aromatic heterocycles. The number of amides is 1. The minimum Gasteiger partial charge on any atom is -0.467 e. The van der Waals surface area contributed by atoms with Gasteiger partial charge in [0, 0.05) is 11.6 Å². The average Bonchev–Trinajstić information content (AvgIpc) is 3.08. The Balaban J connectivity index is 1.83. The fourth-order valence-electron chi connectivity index (χ4n) is 2.26. The van der Waals surface area contributed by atoms with E-state index in [1.54, 1.807) is 19.9 Å². The molecule has 122 valence electrons. The SMILES string of the molecule is COc1nc(C)c(NC(=O)c2cc(-c3ccccc3)on2)c(C)n1. The predicted octanol–water partition coefficient (Wildman–Crippen LogP) is 3.01. The highest BCUT2D eigenvalue weighted by atomic mass is 16.5. The molecule has 2 heterocycles. The Morgan fingerprint density at radius 2 is 1.79 bits per heavy atom. The van der Waals surface area contributed by atoms with Crippen molar-refractivity contribution in [3.05, 3.63) is 53.5 Å². The summed E-state index contributed by atoms with van der Waals surface area (Å²) in [6.07, 6.45) is 0. The van der Waals surface area contributed by atoms with Gasteiger partial charge in [-0.15, -0.1) is 0 Å². The highest BCUT2D eigenvalue weighted by molar-refractivity contribution is 6.03. The first-order valence-electron chi connectivity index (χ1n) is 7.31. The number of aryl methyl sites for hydroxylation is 2. The van der Waals surface area contributed by atoms with E-state index in [1.165, 1.54) is 7.11 Å². The second kappa shape index (κ2) is 6.49. The van der Waals surface area contributed by atoms with Crippen LogP contribution in [-0.4, -0.2) is 28.1 Å². The maximum Gasteiger partial charge on any atom is 0.316 e. The van der Waals surface area contributed by atoms with Crippen LogP contribution < -0.4 is 10.1 Å². The molecule has 0 saturated heterocycles. The lowest BCUT2D eigenvalue weighted by atomic mass is 10.1. The van der Waals surface area contributed by atoms with E-state index < -0.39 is 0 Å². The third-order valence-electron chi connectivity index (χ3n) is 3.47. The van der Waals surface area contributed by atoms with Gasteiger partial charge < -0.3 is 14.6 Å². The van der Waals surface area contributed by atoms with Crippen molar-refractivity contribution in [2.75, 3.05) is 12.4 Å². The van der Waals surface area contributed by atoms with Gasteiger partial charge in [-0.2, -0.15) is 9.97 Å². The molecule has 0 aliphatic heterocycles. The van der Waals surface area contributed by atoms with Gasteiger partial charge in [-0.1, -0.05) is 35.5 Å². The van der Waals surface area contributed by atoms with E-state index >= 15 is 0 Å². The number of ether oxygens (including phenoxy) is 1. The molecular formula is C17H16N4O3. The van der Waals surface area contributed by atoms with Crippen LogP contribution in [0.3, 0.4) is 0 Å². The number of rotatable bonds is 4. The first-order valence-corrected chi connectivity index (χ1v) is 7.31. The van der Waals surface area contributed by atoms with Gasteiger partial charge in [0.1, 0.15) is 0 Å². The number of benzene rings is 1. The second-order valence-corrected chi connectivity index (χ2v) is 5.15. The lowest BCUT2D eigenvalue weighted by molar-refractivity contribution is 0.101. The van der Waals surface area contributed by atoms with Crippen molar-refractivity contribution in [3.8, 4) is 17.3 Å². The molecule has 0 radical (unpaired) electrons. The Hall–Kier alpha value is -3.22. The zero-order valence-electron chi connectivity index (χ0n) is 13.5. The standard InChI is InChI=1S/C17H16N4O3/c1-10-15(11(2)19-17(18-10)23-3)20-16(22)13-9-14(24-21-13)12-7-5-4-6-8-12/h4-9H,1-3H3,(H,20,22). The molecule has 3 aromatic rings. The molecule has 1 amide bonds. The first kappa shape index (κ1) is 15.7. The van der Waals surface area contributed by atoms with E-state index in [2.05, 4.69) is 20.4 Å². The maximum absolute atomic E-state index is 12.4. The molecule has 3 rings (SSSR count). The van der Waals surface area contributed by atoms with Crippen molar-refractivity contribution < 1.29 is 14.1 Å². The van der Waals surface area contributed by atoms with Crippen LogP contribution in [0.25, 0.3) is 11.3 Å². The molecule has 0 atom stereocenters. The smallest absolute Gasteiger partial charge is 0.316 e. The highest BCUT2D eigenvalue weighted by Crippen LogP contribution is 2.22. The van der Waals surface area contributed by atoms with Gasteiger partial charge in [0.15, 0.2) is 11.5 Å². The molecule has 0 aliphatic carbocycles. The Kier molecular flexibility index (Phi) is 4.24. The average molecular weight is 324 g/mol. The Bertz CT molecular complexity index is 852. The zero-order chi connectivity index (χ0) is 17.1. The van der Waals surface area contributed by atoms with Crippen molar-refractivity contribution in [1.29, 1.82) is 0 Å². The van der Waals surface area contributed by atoms with Crippen LogP contribution in [-0.2, 0) is 0 Å². The molecule has 0 spiro atoms. The first-order chi connectivity index (χ1) is 11.6. The summed E-state index contributed by atoms with van der Waals surface area (Å²) in [7, 11) is 1.49. The summed E-state index contributed by atoms with van der Waals surface area (Å²) in [5.41, 5.74) is 2.79. The topological polar surface area (TPSA) is 90.1 Å². The Morgan fingerprint density at radius 1 is 1.12 bits per heavy atom. The van der Waals surface area contributed by atoms with Crippen molar-refractivity contribution >= 4 is 11.6 Å². The van der Waals surface area contributed by atoms with Gasteiger partial charge in [-0.3, -0.25) is 4.79 Å². The summed E-state index contributed by atoms with van der Waals surface area (Å²) in [4.78, 5) is 20.7. The molecule has 24 heavy (non-hydrogen) atoms. The number of nitrogens with zero attached hydrogens (tertiary/aromatic N) is 3. The largest absolute Gasteiger partial charge is 0.467 e. The molecule has 0 aliphatic rings. The van der Waals surface area contributed by atoms with Crippen LogP contribution >= 0.6 is 0 Å². The number of carbonyl (C=O) groups is 1. The van der Waals surface area contributed by atoms with Gasteiger partial charge in [0.2, 0.25) is 0 Å². The van der Waals surface area contributed by atoms with E-state index in [1.807, 2.05) is 30.3 Å². The van der Waals surface area contributed by atoms with Crippen LogP contribution in [0.15, 0.2) is 40.9 Å². The molecule has 7 nitrogen and oxygen atoms in total. The fourth-order valence-corrected chi connectivity index (χ4v) is 2.26. The number of nitrogens with one attached hydrogen (secondary N) is 1. The second-order valence-electron chi connectivity index (χ2n) is 5.15. The minimum atomic E-state index is -0.388. The van der Waals surface area contributed by atoms with Gasteiger partial charge in [0.25, 0.3) is 5.91 Å². The van der Waals surface area contributed by atoms with E-state index in [0.717, 1.165) is 5.56 Å². The number of carbonyl (C=O) groups excluding carboxylic acids is 1. The monoisotopic (exact) mass is 324 g/mol. The number of anilines is 1. The number of hydrogen-bond donors (Lipinski definition) is 1. The molecule has 0 bridgehead atoms. The number of methoxy groups -OCH3 is 1. The molecule has 7 heteroatoms. The molecule has 0 fully saturated rings. The third-order valence-corrected chi connectivity index (χ3v) is 3.47. The van der Waals surface area contributed by atoms with E-state index in [9.17, 15) is 4.79 Å². The molecule has 0 saturated carbocycles. The Morgan fingerprint density at radius 3 is 2.42 bits per heavy atom. The highest BCUT2D eigenvalue weighted by Gasteiger charge is 2.17. The quantitative estimate of drug-likeness (QED) is 0.793. The summed E-state index contributed by atoms with van der Waals surface area (Å²) >= 11 is 0. The number of aromatic nitrogens is 3. The van der Waals surface area contributed by atoms with Crippen molar-refractivity contribution in [3.63, 3.8) is 0 Å². The fraction of sp³-hybridized carbons (Fsp3) is 0.176. The molecule has 1 N–H and O–H groups in total. The number of hydrogen-bond acceptors (Lipinski definition) is 6. The minimum absolute atomic E-state index is 0.184. The summed E-state index contributed by atoms with van der Waals surface area (Å²) < 4.78 is 10.3. The van der Waals surface area contributed by atoms with Gasteiger partial charge in [-0.25, -0.2) is 0 Å². The van der Waals surface area contributed by atoms with E-state index in [-0.39, 0.29) is 17.6 Å². The van der Waals surface area contributed by atoms with Gasteiger partial charge >= 0.3 is 6.01 Å². The zero-order valence-corrected chi connectivity index (χ0v) is 13.5. The van der Waals surface area contributed by atoms with Crippen molar-refractivity contribution in [2.45, 2.75) is 13.8 Å². The molecule has 1 aromatic carbocycles. The normalized spacial score (nSPS) is 10.5. The maximum atomic E-state index is 12.4. The van der Waals surface area contributed by atoms with E-state index in [4.69, 9.17) is 9.26 Å². The van der Waals surface area contributed by atoms with Crippen LogP contribution in [0.4, 0.5) is 5.69 Å². The predicted molar refractivity (Wildman–Crippen MR) is 88.0 cm³/mol. The Labute approximate surface area is 138 Å². The van der Waals surface area contributed by atoms with Gasteiger partial charge in [-0.05, 0) is 13.8 Å². The van der Waals surface area contributed by atoms with Crippen LogP contribution in [0.5, 0.6) is 6.01 Å². The third kappa shape index (κ3) is 3.10. The van der Waals surface area contributed by atoms with Gasteiger partial charge in [0.05, 0.1) is 24.2 Å². The van der Waals surface area contributed by atoms with Crippen molar-refractivity contribution in [1.82, 2.24) is 15.1 Å². The van der Waals surface area contributed by atoms with Crippen LogP contribution in [0, 0.1) is 13.8 Å².